The van der Waals surface area contributed by atoms with E-state index >= 15 is 0 Å². The van der Waals surface area contributed by atoms with Gasteiger partial charge in [0.05, 0.1) is 6.61 Å². The van der Waals surface area contributed by atoms with Gasteiger partial charge >= 0.3 is 0 Å². The second kappa shape index (κ2) is 8.92. The van der Waals surface area contributed by atoms with E-state index in [-0.39, 0.29) is 0 Å². The Hall–Kier alpha value is -1.55. The van der Waals surface area contributed by atoms with E-state index in [1.54, 1.807) is 0 Å². The maximum atomic E-state index is 12.2. The number of nitrogens with zero attached hydrogens (tertiary/aromatic N) is 1. The highest BCUT2D eigenvalue weighted by molar-refractivity contribution is 5.76. The summed E-state index contributed by atoms with van der Waals surface area (Å²) in [5.41, 5.74) is 2.57. The number of nitrogens with one attached hydrogen (secondary N) is 1. The quantitative estimate of drug-likeness (QED) is 0.840. The van der Waals surface area contributed by atoms with E-state index in [1.165, 1.54) is 11.1 Å². The molecule has 0 radical (unpaired) electrons. The van der Waals surface area contributed by atoms with Crippen molar-refractivity contribution in [1.29, 1.82) is 0 Å². The van der Waals surface area contributed by atoms with Gasteiger partial charge in [-0.1, -0.05) is 19.9 Å². The third-order valence-corrected chi connectivity index (χ3v) is 4.20. The number of hydrogen-bond acceptors (Lipinski definition) is 3. The Morgan fingerprint density at radius 2 is 2.04 bits per heavy atom. The van der Waals surface area contributed by atoms with Gasteiger partial charge in [-0.3, -0.25) is 4.79 Å². The molecule has 1 aliphatic heterocycles. The number of rotatable bonds is 7. The van der Waals surface area contributed by atoms with E-state index < -0.39 is 0 Å². The van der Waals surface area contributed by atoms with Crippen LogP contribution in [0.4, 0.5) is 0 Å². The molecule has 4 heteroatoms. The SMILES string of the molecule is Cc1cc(OCC(C)C)ccc1CCCC(=O)N1CCNCC1. The van der Waals surface area contributed by atoms with Crippen molar-refractivity contribution in [3.63, 3.8) is 0 Å². The van der Waals surface area contributed by atoms with Crippen molar-refractivity contribution in [3.05, 3.63) is 29.3 Å². The maximum Gasteiger partial charge on any atom is 0.222 e. The Labute approximate surface area is 140 Å². The van der Waals surface area contributed by atoms with Crippen molar-refractivity contribution < 1.29 is 9.53 Å². The molecule has 4 nitrogen and oxygen atoms in total. The molecule has 0 aromatic heterocycles. The van der Waals surface area contributed by atoms with Crippen LogP contribution < -0.4 is 10.1 Å². The van der Waals surface area contributed by atoms with Crippen molar-refractivity contribution in [2.45, 2.75) is 40.0 Å². The van der Waals surface area contributed by atoms with Gasteiger partial charge in [0.1, 0.15) is 5.75 Å². The number of ether oxygens (including phenoxy) is 1. The van der Waals surface area contributed by atoms with Crippen LogP contribution in [0.2, 0.25) is 0 Å². The molecule has 128 valence electrons. The minimum Gasteiger partial charge on any atom is -0.493 e. The second-order valence-electron chi connectivity index (χ2n) is 6.78. The zero-order chi connectivity index (χ0) is 16.7. The van der Waals surface area contributed by atoms with E-state index in [4.69, 9.17) is 4.74 Å². The fraction of sp³-hybridized carbons (Fsp3) is 0.632. The molecule has 2 rings (SSSR count). The van der Waals surface area contributed by atoms with Gasteiger partial charge in [-0.2, -0.15) is 0 Å². The molecule has 1 fully saturated rings. The van der Waals surface area contributed by atoms with Crippen LogP contribution in [0.3, 0.4) is 0 Å². The molecule has 1 saturated heterocycles. The Balaban J connectivity index is 1.77. The monoisotopic (exact) mass is 318 g/mol. The van der Waals surface area contributed by atoms with Gasteiger partial charge in [0.15, 0.2) is 0 Å². The molecule has 0 saturated carbocycles. The molecule has 23 heavy (non-hydrogen) atoms. The molecule has 0 aliphatic carbocycles. The van der Waals surface area contributed by atoms with Crippen molar-refractivity contribution >= 4 is 5.91 Å². The van der Waals surface area contributed by atoms with Gasteiger partial charge in [0.2, 0.25) is 5.91 Å². The van der Waals surface area contributed by atoms with E-state index in [2.05, 4.69) is 38.2 Å². The summed E-state index contributed by atoms with van der Waals surface area (Å²) in [7, 11) is 0. The number of piperazine rings is 1. The molecule has 1 aromatic rings. The standard InChI is InChI=1S/C19H30N2O2/c1-15(2)14-23-18-8-7-17(16(3)13-18)5-4-6-19(22)21-11-9-20-10-12-21/h7-8,13,15,20H,4-6,9-12,14H2,1-3H3. The van der Waals surface area contributed by atoms with E-state index in [0.717, 1.165) is 51.4 Å². The highest BCUT2D eigenvalue weighted by Crippen LogP contribution is 2.19. The molecule has 0 spiro atoms. The molecular formula is C19H30N2O2. The summed E-state index contributed by atoms with van der Waals surface area (Å²) in [6, 6.07) is 6.29. The van der Waals surface area contributed by atoms with Crippen LogP contribution in [-0.2, 0) is 11.2 Å². The molecule has 0 atom stereocenters. The summed E-state index contributed by atoms with van der Waals surface area (Å²) >= 11 is 0. The van der Waals surface area contributed by atoms with Crippen LogP contribution >= 0.6 is 0 Å². The smallest absolute Gasteiger partial charge is 0.222 e. The number of aryl methyl sites for hydroxylation is 2. The lowest BCUT2D eigenvalue weighted by atomic mass is 10.0. The van der Waals surface area contributed by atoms with Gasteiger partial charge in [-0.25, -0.2) is 0 Å². The van der Waals surface area contributed by atoms with Gasteiger partial charge in [-0.15, -0.1) is 0 Å². The number of benzene rings is 1. The zero-order valence-corrected chi connectivity index (χ0v) is 14.7. The Bertz CT molecular complexity index is 508. The van der Waals surface area contributed by atoms with Crippen molar-refractivity contribution in [2.24, 2.45) is 5.92 Å². The molecule has 1 N–H and O–H groups in total. The van der Waals surface area contributed by atoms with E-state index in [9.17, 15) is 4.79 Å². The van der Waals surface area contributed by atoms with Crippen molar-refractivity contribution in [2.75, 3.05) is 32.8 Å². The van der Waals surface area contributed by atoms with Crippen molar-refractivity contribution in [1.82, 2.24) is 10.2 Å². The van der Waals surface area contributed by atoms with Crippen LogP contribution in [0.1, 0.15) is 37.8 Å². The molecule has 0 unspecified atom stereocenters. The zero-order valence-electron chi connectivity index (χ0n) is 14.7. The number of amides is 1. The Morgan fingerprint density at radius 3 is 2.70 bits per heavy atom. The first-order valence-corrected chi connectivity index (χ1v) is 8.77. The first-order chi connectivity index (χ1) is 11.1. The average Bonchev–Trinajstić information content (AvgIpc) is 2.55. The first kappa shape index (κ1) is 17.8. The van der Waals surface area contributed by atoms with Crippen LogP contribution in [0.5, 0.6) is 5.75 Å². The maximum absolute atomic E-state index is 12.2. The lowest BCUT2D eigenvalue weighted by Gasteiger charge is -2.27. The normalized spacial score (nSPS) is 15.0. The predicted molar refractivity (Wildman–Crippen MR) is 93.9 cm³/mol. The van der Waals surface area contributed by atoms with Gasteiger partial charge in [-0.05, 0) is 48.9 Å². The van der Waals surface area contributed by atoms with Crippen LogP contribution in [0.15, 0.2) is 18.2 Å². The Morgan fingerprint density at radius 1 is 1.30 bits per heavy atom. The molecule has 0 bridgehead atoms. The Kier molecular flexibility index (Phi) is 6.90. The fourth-order valence-electron chi connectivity index (χ4n) is 2.80. The first-order valence-electron chi connectivity index (χ1n) is 8.77. The summed E-state index contributed by atoms with van der Waals surface area (Å²) < 4.78 is 5.76. The summed E-state index contributed by atoms with van der Waals surface area (Å²) in [6.45, 7) is 10.7. The third kappa shape index (κ3) is 5.87. The topological polar surface area (TPSA) is 41.6 Å². The van der Waals surface area contributed by atoms with E-state index in [0.29, 0.717) is 18.2 Å². The second-order valence-corrected chi connectivity index (χ2v) is 6.78. The van der Waals surface area contributed by atoms with Gasteiger partial charge in [0, 0.05) is 32.6 Å². The lowest BCUT2D eigenvalue weighted by molar-refractivity contribution is -0.131. The summed E-state index contributed by atoms with van der Waals surface area (Å²) in [6.07, 6.45) is 2.51. The summed E-state index contributed by atoms with van der Waals surface area (Å²) in [5.74, 6) is 1.77. The average molecular weight is 318 g/mol. The molecule has 1 heterocycles. The summed E-state index contributed by atoms with van der Waals surface area (Å²) in [5, 5.41) is 3.28. The molecule has 1 aromatic carbocycles. The largest absolute Gasteiger partial charge is 0.493 e. The lowest BCUT2D eigenvalue weighted by Crippen LogP contribution is -2.46. The molecule has 1 amide bonds. The van der Waals surface area contributed by atoms with E-state index in [1.807, 2.05) is 11.0 Å². The number of carbonyl (C=O) groups is 1. The predicted octanol–water partition coefficient (Wildman–Crippen LogP) is 2.78. The number of hydrogen-bond donors (Lipinski definition) is 1. The van der Waals surface area contributed by atoms with Crippen molar-refractivity contribution in [3.8, 4) is 5.75 Å². The fourth-order valence-corrected chi connectivity index (χ4v) is 2.80. The minimum absolute atomic E-state index is 0.293. The minimum atomic E-state index is 0.293. The van der Waals surface area contributed by atoms with Crippen LogP contribution in [0, 0.1) is 12.8 Å². The molecular weight excluding hydrogens is 288 g/mol. The van der Waals surface area contributed by atoms with Crippen LogP contribution in [-0.4, -0.2) is 43.6 Å². The third-order valence-electron chi connectivity index (χ3n) is 4.20. The van der Waals surface area contributed by atoms with Gasteiger partial charge in [0.25, 0.3) is 0 Å². The summed E-state index contributed by atoms with van der Waals surface area (Å²) in [4.78, 5) is 14.1. The van der Waals surface area contributed by atoms with Gasteiger partial charge < -0.3 is 15.0 Å². The molecule has 1 aliphatic rings. The highest BCUT2D eigenvalue weighted by atomic mass is 16.5. The van der Waals surface area contributed by atoms with Crippen LogP contribution in [0.25, 0.3) is 0 Å². The highest BCUT2D eigenvalue weighted by Gasteiger charge is 2.15. The number of carbonyl (C=O) groups excluding carboxylic acids is 1.